The zero-order valence-electron chi connectivity index (χ0n) is 8.88. The third-order valence-corrected chi connectivity index (χ3v) is 2.92. The molecule has 2 nitrogen and oxygen atoms in total. The van der Waals surface area contributed by atoms with Gasteiger partial charge in [0.1, 0.15) is 0 Å². The van der Waals surface area contributed by atoms with Gasteiger partial charge in [-0.2, -0.15) is 0 Å². The van der Waals surface area contributed by atoms with Gasteiger partial charge >= 0.3 is 0 Å². The van der Waals surface area contributed by atoms with Crippen LogP contribution in [0.4, 0.5) is 11.4 Å². The van der Waals surface area contributed by atoms with Gasteiger partial charge in [-0.05, 0) is 50.3 Å². The Kier molecular flexibility index (Phi) is 2.36. The molecule has 0 saturated heterocycles. The van der Waals surface area contributed by atoms with Gasteiger partial charge in [-0.15, -0.1) is 0 Å². The van der Waals surface area contributed by atoms with Gasteiger partial charge < -0.3 is 11.1 Å². The normalized spacial score (nSPS) is 17.9. The molecule has 0 aliphatic heterocycles. The third-order valence-electron chi connectivity index (χ3n) is 2.92. The number of hydrogen-bond acceptors (Lipinski definition) is 2. The number of rotatable bonds is 3. The van der Waals surface area contributed by atoms with Crippen molar-refractivity contribution in [3.63, 3.8) is 0 Å². The zero-order chi connectivity index (χ0) is 10.1. The highest BCUT2D eigenvalue weighted by molar-refractivity contribution is 5.67. The second-order valence-electron chi connectivity index (χ2n) is 4.36. The number of aryl methyl sites for hydroxylation is 1. The first-order valence-electron chi connectivity index (χ1n) is 5.29. The first-order chi connectivity index (χ1) is 6.66. The molecule has 1 aliphatic carbocycles. The summed E-state index contributed by atoms with van der Waals surface area (Å²) in [4.78, 5) is 0. The highest BCUT2D eigenvalue weighted by Gasteiger charge is 2.27. The van der Waals surface area contributed by atoms with E-state index in [1.54, 1.807) is 0 Å². The Morgan fingerprint density at radius 1 is 1.43 bits per heavy atom. The lowest BCUT2D eigenvalue weighted by atomic mass is 10.1. The number of hydrogen-bond donors (Lipinski definition) is 2. The van der Waals surface area contributed by atoms with Crippen LogP contribution in [0.5, 0.6) is 0 Å². The maximum atomic E-state index is 5.93. The van der Waals surface area contributed by atoms with Crippen LogP contribution in [0.2, 0.25) is 0 Å². The number of nitrogens with two attached hydrogens (primary N) is 1. The first-order valence-corrected chi connectivity index (χ1v) is 5.29. The van der Waals surface area contributed by atoms with Crippen LogP contribution in [0, 0.1) is 12.8 Å². The lowest BCUT2D eigenvalue weighted by Crippen LogP contribution is -2.18. The fraction of sp³-hybridized carbons (Fsp3) is 0.500. The molecular formula is C12H18N2. The van der Waals surface area contributed by atoms with Crippen molar-refractivity contribution in [1.29, 1.82) is 0 Å². The molecule has 2 rings (SSSR count). The van der Waals surface area contributed by atoms with Crippen LogP contribution in [-0.4, -0.2) is 6.04 Å². The molecular weight excluding hydrogens is 172 g/mol. The van der Waals surface area contributed by atoms with Gasteiger partial charge in [-0.25, -0.2) is 0 Å². The van der Waals surface area contributed by atoms with Crippen molar-refractivity contribution in [2.45, 2.75) is 32.7 Å². The van der Waals surface area contributed by atoms with Crippen molar-refractivity contribution in [2.24, 2.45) is 5.92 Å². The van der Waals surface area contributed by atoms with Crippen LogP contribution < -0.4 is 11.1 Å². The lowest BCUT2D eigenvalue weighted by Gasteiger charge is -2.16. The lowest BCUT2D eigenvalue weighted by molar-refractivity contribution is 0.694. The molecule has 1 aromatic carbocycles. The molecule has 0 bridgehead atoms. The molecule has 1 fully saturated rings. The summed E-state index contributed by atoms with van der Waals surface area (Å²) in [5, 5.41) is 3.47. The summed E-state index contributed by atoms with van der Waals surface area (Å²) in [6.07, 6.45) is 2.72. The van der Waals surface area contributed by atoms with E-state index in [1.165, 1.54) is 18.4 Å². The van der Waals surface area contributed by atoms with Crippen molar-refractivity contribution in [3.05, 3.63) is 23.8 Å². The van der Waals surface area contributed by atoms with Crippen molar-refractivity contribution in [2.75, 3.05) is 11.1 Å². The molecule has 1 aromatic rings. The zero-order valence-corrected chi connectivity index (χ0v) is 8.88. The molecule has 1 saturated carbocycles. The first kappa shape index (κ1) is 9.38. The summed E-state index contributed by atoms with van der Waals surface area (Å²) in [5.41, 5.74) is 9.08. The second-order valence-corrected chi connectivity index (χ2v) is 4.36. The van der Waals surface area contributed by atoms with Gasteiger partial charge in [0, 0.05) is 6.04 Å². The molecule has 2 heteroatoms. The summed E-state index contributed by atoms with van der Waals surface area (Å²) in [5.74, 6) is 0.857. The summed E-state index contributed by atoms with van der Waals surface area (Å²) < 4.78 is 0. The molecule has 0 aromatic heterocycles. The van der Waals surface area contributed by atoms with Gasteiger partial charge in [0.25, 0.3) is 0 Å². The van der Waals surface area contributed by atoms with Crippen LogP contribution in [0.1, 0.15) is 25.3 Å². The van der Waals surface area contributed by atoms with Crippen LogP contribution >= 0.6 is 0 Å². The average Bonchev–Trinajstić information content (AvgIpc) is 2.92. The maximum Gasteiger partial charge on any atom is 0.0576 e. The molecule has 1 atom stereocenters. The number of nitrogens with one attached hydrogen (secondary N) is 1. The predicted molar refractivity (Wildman–Crippen MR) is 61.4 cm³/mol. The van der Waals surface area contributed by atoms with Crippen molar-refractivity contribution in [3.8, 4) is 0 Å². The minimum atomic E-state index is 0.556. The van der Waals surface area contributed by atoms with E-state index < -0.39 is 0 Å². The smallest absolute Gasteiger partial charge is 0.0576 e. The van der Waals surface area contributed by atoms with Gasteiger partial charge in [-0.3, -0.25) is 0 Å². The monoisotopic (exact) mass is 190 g/mol. The summed E-state index contributed by atoms with van der Waals surface area (Å²) in [6, 6.07) is 6.74. The van der Waals surface area contributed by atoms with E-state index in [0.717, 1.165) is 17.3 Å². The average molecular weight is 190 g/mol. The fourth-order valence-electron chi connectivity index (χ4n) is 1.77. The Bertz CT molecular complexity index is 329. The van der Waals surface area contributed by atoms with Crippen molar-refractivity contribution < 1.29 is 0 Å². The fourth-order valence-corrected chi connectivity index (χ4v) is 1.77. The molecule has 0 heterocycles. The van der Waals surface area contributed by atoms with E-state index in [0.29, 0.717) is 6.04 Å². The summed E-state index contributed by atoms with van der Waals surface area (Å²) in [6.45, 7) is 4.29. The summed E-state index contributed by atoms with van der Waals surface area (Å²) in [7, 11) is 0. The Hall–Kier alpha value is -1.18. The molecule has 0 radical (unpaired) electrons. The topological polar surface area (TPSA) is 38.0 Å². The van der Waals surface area contributed by atoms with Crippen LogP contribution in [0.15, 0.2) is 18.2 Å². The van der Waals surface area contributed by atoms with Crippen LogP contribution in [-0.2, 0) is 0 Å². The standard InChI is InChI=1S/C12H18N2/c1-8-3-6-12(11(13)7-8)14-9(2)10-4-5-10/h3,6-7,9-10,14H,4-5,13H2,1-2H3. The molecule has 14 heavy (non-hydrogen) atoms. The van der Waals surface area contributed by atoms with Gasteiger partial charge in [-0.1, -0.05) is 6.07 Å². The molecule has 0 amide bonds. The largest absolute Gasteiger partial charge is 0.397 e. The van der Waals surface area contributed by atoms with Crippen LogP contribution in [0.3, 0.4) is 0 Å². The van der Waals surface area contributed by atoms with Gasteiger partial charge in [0.15, 0.2) is 0 Å². The van der Waals surface area contributed by atoms with Gasteiger partial charge in [0.05, 0.1) is 11.4 Å². The molecule has 3 N–H and O–H groups in total. The number of nitrogen functional groups attached to an aromatic ring is 1. The molecule has 1 unspecified atom stereocenters. The Balaban J connectivity index is 2.07. The van der Waals surface area contributed by atoms with Crippen molar-refractivity contribution >= 4 is 11.4 Å². The SMILES string of the molecule is Cc1ccc(NC(C)C2CC2)c(N)c1. The Labute approximate surface area is 85.5 Å². The van der Waals surface area contributed by atoms with E-state index in [-0.39, 0.29) is 0 Å². The minimum Gasteiger partial charge on any atom is -0.397 e. The third kappa shape index (κ3) is 2.00. The highest BCUT2D eigenvalue weighted by Crippen LogP contribution is 2.34. The predicted octanol–water partition coefficient (Wildman–Crippen LogP) is 2.79. The van der Waals surface area contributed by atoms with Gasteiger partial charge in [0.2, 0.25) is 0 Å². The Morgan fingerprint density at radius 2 is 2.14 bits per heavy atom. The quantitative estimate of drug-likeness (QED) is 0.719. The van der Waals surface area contributed by atoms with E-state index >= 15 is 0 Å². The number of anilines is 2. The van der Waals surface area contributed by atoms with E-state index in [1.807, 2.05) is 6.07 Å². The highest BCUT2D eigenvalue weighted by atomic mass is 14.9. The van der Waals surface area contributed by atoms with Crippen molar-refractivity contribution in [1.82, 2.24) is 0 Å². The Morgan fingerprint density at radius 3 is 2.71 bits per heavy atom. The van der Waals surface area contributed by atoms with E-state index in [4.69, 9.17) is 5.73 Å². The number of benzene rings is 1. The summed E-state index contributed by atoms with van der Waals surface area (Å²) >= 11 is 0. The molecule has 0 spiro atoms. The van der Waals surface area contributed by atoms with Crippen LogP contribution in [0.25, 0.3) is 0 Å². The second kappa shape index (κ2) is 3.52. The molecule has 76 valence electrons. The molecule has 1 aliphatic rings. The van der Waals surface area contributed by atoms with E-state index in [2.05, 4.69) is 31.3 Å². The van der Waals surface area contributed by atoms with E-state index in [9.17, 15) is 0 Å². The minimum absolute atomic E-state index is 0.556. The maximum absolute atomic E-state index is 5.93.